The number of nitrogens with zero attached hydrogens (tertiary/aromatic N) is 3. The number of aliphatic carboxylic acids is 1. The Morgan fingerprint density at radius 3 is 0.820 bits per heavy atom. The highest BCUT2D eigenvalue weighted by Crippen LogP contribution is 2.12. The molecule has 46 N–H and O–H groups in total. The quantitative estimate of drug-likeness (QED) is 0.0153. The molecule has 0 unspecified atom stereocenters. The second-order valence-electron chi connectivity index (χ2n) is 30.8. The maximum atomic E-state index is 14.1. The van der Waals surface area contributed by atoms with E-state index in [-0.39, 0.29) is 154 Å². The maximum absolute atomic E-state index is 14.1. The molecule has 756 valence electrons. The van der Waals surface area contributed by atoms with Crippen LogP contribution in [0.5, 0.6) is 0 Å². The van der Waals surface area contributed by atoms with E-state index >= 15 is 0 Å². The van der Waals surface area contributed by atoms with E-state index in [4.69, 9.17) is 68.2 Å². The fourth-order valence-corrected chi connectivity index (χ4v) is 11.8. The van der Waals surface area contributed by atoms with Crippen molar-refractivity contribution in [2.24, 2.45) is 78.0 Å². The average molecular weight is 1900 g/mol. The maximum Gasteiger partial charge on any atom is 0.328 e. The van der Waals surface area contributed by atoms with Gasteiger partial charge in [0.05, 0.1) is 58.2 Å². The Kier molecular flexibility index (Phi) is 61.1. The minimum absolute atomic E-state index is 0.0176. The second kappa shape index (κ2) is 67.5. The van der Waals surface area contributed by atoms with Gasteiger partial charge in [-0.2, -0.15) is 0 Å². The van der Waals surface area contributed by atoms with Crippen LogP contribution in [0.3, 0.4) is 0 Å². The monoisotopic (exact) mass is 1900 g/mol. The van der Waals surface area contributed by atoms with E-state index < -0.39 is 261 Å². The topological polar surface area (TPSA) is 986 Å². The summed E-state index contributed by atoms with van der Waals surface area (Å²) in [4.78, 5) is 267. The molecule has 0 saturated carbocycles. The molecular formula is C76H142N32O25. The van der Waals surface area contributed by atoms with Gasteiger partial charge in [0, 0.05) is 19.6 Å². The van der Waals surface area contributed by atoms with E-state index in [0.717, 1.165) is 13.8 Å². The van der Waals surface area contributed by atoms with E-state index in [0.29, 0.717) is 25.7 Å². The van der Waals surface area contributed by atoms with Crippen LogP contribution in [0.2, 0.25) is 0 Å². The summed E-state index contributed by atoms with van der Waals surface area (Å²) in [7, 11) is 0. The summed E-state index contributed by atoms with van der Waals surface area (Å²) in [6.07, 6.45) is -1.83. The highest BCUT2D eigenvalue weighted by atomic mass is 16.4. The number of rotatable bonds is 70. The normalized spacial score (nSPS) is 14.8. The zero-order valence-corrected chi connectivity index (χ0v) is 75.6. The average Bonchev–Trinajstić information content (AvgIpc) is 0.848. The molecule has 0 aromatic heterocycles. The summed E-state index contributed by atoms with van der Waals surface area (Å²) in [5, 5.41) is 102. The summed E-state index contributed by atoms with van der Waals surface area (Å²) in [6.45, 7) is 0.480. The van der Waals surface area contributed by atoms with Crippen molar-refractivity contribution < 1.29 is 122 Å². The number of carbonyl (C=O) groups is 19. The predicted octanol–water partition coefficient (Wildman–Crippen LogP) is -17.9. The minimum Gasteiger partial charge on any atom is -0.480 e. The molecule has 0 aromatic carbocycles. The van der Waals surface area contributed by atoms with Crippen molar-refractivity contribution in [1.29, 1.82) is 0 Å². The molecule has 57 nitrogen and oxygen atoms in total. The Balaban J connectivity index is 6.47. The first-order chi connectivity index (χ1) is 62.8. The molecule has 0 bridgehead atoms. The van der Waals surface area contributed by atoms with Crippen molar-refractivity contribution in [2.45, 2.75) is 253 Å². The van der Waals surface area contributed by atoms with E-state index in [2.05, 4.69) is 105 Å². The first kappa shape index (κ1) is 120. The van der Waals surface area contributed by atoms with Gasteiger partial charge in [-0.3, -0.25) is 101 Å². The van der Waals surface area contributed by atoms with Crippen molar-refractivity contribution in [2.75, 3.05) is 91.8 Å². The molecule has 0 aliphatic rings. The summed E-state index contributed by atoms with van der Waals surface area (Å²) in [5.74, 6) is -20.5. The third kappa shape index (κ3) is 51.7. The number of carboxylic acid groups (broad SMARTS) is 1. The van der Waals surface area contributed by atoms with E-state index in [1.165, 1.54) is 20.8 Å². The molecule has 0 aromatic rings. The van der Waals surface area contributed by atoms with Crippen LogP contribution in [-0.2, 0) is 91.1 Å². The molecule has 133 heavy (non-hydrogen) atoms. The van der Waals surface area contributed by atoms with Crippen LogP contribution in [0.4, 0.5) is 0 Å². The van der Waals surface area contributed by atoms with E-state index in [1.54, 1.807) is 0 Å². The molecule has 0 spiro atoms. The smallest absolute Gasteiger partial charge is 0.328 e. The molecule has 0 radical (unpaired) electrons. The number of guanidine groups is 3. The summed E-state index contributed by atoms with van der Waals surface area (Å²) < 4.78 is 0. The molecular weight excluding hydrogens is 1760 g/mol. The minimum atomic E-state index is -1.88. The van der Waals surface area contributed by atoms with Crippen LogP contribution in [-0.4, -0.2) is 355 Å². The van der Waals surface area contributed by atoms with Gasteiger partial charge in [-0.05, 0) is 176 Å². The Morgan fingerprint density at radius 1 is 0.263 bits per heavy atom. The number of aliphatic imine (C=N–C) groups is 3. The standard InChI is InChI=1S/C76H142N32O25/c1-38(95-64(123)45(17-6-10-24-77)99-54(115)32-91-53(114)31-94-71(130)57(41(4)112)107-68(127)46(18-7-11-25-78)100-56(117)34-93-63(122)44(21-14-28-88-74(82)83)98-55(116)33-92-62(121)43(81)35-109)61(120)103-49(22-15-29-89-75(84)85)66(125)97-39(2)59(118)101-47(19-8-12-26-79)65(124)96-40(3)60(119)102-48(20-9-13-27-80)69(128)108-58(42(5)113)72(131)104-50(23-16-30-90-76(86)87)67(126)105-51(36-110)70(129)106-52(37-111)73(132)133/h38-52,57-58,109-113H,6-37,77-81H2,1-5H3,(H,91,114)(H,92,121)(H,93,122)(H,94,130)(H,95,123)(H,96,124)(H,97,125)(H,98,116)(H,99,115)(H,100,117)(H,101,118)(H,102,119)(H,103,120)(H,104,131)(H,105,126)(H,106,129)(H,107,127)(H,108,128)(H,132,133)(H4,82,83,88)(H4,84,85,89)(H4,86,87,90)/t38-,39-,40-,41+,42+,43-,44-,45-,46-,47-,48-,49-,50-,51-,52-,57-,58-/m0/s1. The number of aliphatic hydroxyl groups excluding tert-OH is 5. The molecule has 0 aliphatic heterocycles. The lowest BCUT2D eigenvalue weighted by atomic mass is 10.0. The number of carbonyl (C=O) groups excluding carboxylic acids is 18. The van der Waals surface area contributed by atoms with Gasteiger partial charge in [0.2, 0.25) is 106 Å². The van der Waals surface area contributed by atoms with Gasteiger partial charge in [-0.1, -0.05) is 0 Å². The van der Waals surface area contributed by atoms with Gasteiger partial charge >= 0.3 is 5.97 Å². The van der Waals surface area contributed by atoms with E-state index in [9.17, 15) is 117 Å². The number of nitrogens with two attached hydrogens (primary N) is 11. The summed E-state index contributed by atoms with van der Waals surface area (Å²) in [6, 6.07) is -23.2. The Labute approximate surface area is 767 Å². The van der Waals surface area contributed by atoms with Crippen molar-refractivity contribution >= 4 is 130 Å². The Hall–Kier alpha value is -12.7. The highest BCUT2D eigenvalue weighted by Gasteiger charge is 2.38. The van der Waals surface area contributed by atoms with Gasteiger partial charge in [0.15, 0.2) is 17.9 Å². The third-order valence-corrected chi connectivity index (χ3v) is 19.4. The van der Waals surface area contributed by atoms with Crippen LogP contribution in [0.25, 0.3) is 0 Å². The number of hydrogen-bond donors (Lipinski definition) is 35. The first-order valence-electron chi connectivity index (χ1n) is 43.2. The number of unbranched alkanes of at least 4 members (excludes halogenated alkanes) is 4. The highest BCUT2D eigenvalue weighted by molar-refractivity contribution is 6.01. The van der Waals surface area contributed by atoms with Crippen LogP contribution in [0.15, 0.2) is 15.0 Å². The van der Waals surface area contributed by atoms with Gasteiger partial charge < -0.3 is 189 Å². The van der Waals surface area contributed by atoms with Gasteiger partial charge in [-0.25, -0.2) is 4.79 Å². The molecule has 0 heterocycles. The molecule has 0 fully saturated rings. The fraction of sp³-hybridized carbons (Fsp3) is 0.711. The first-order valence-corrected chi connectivity index (χ1v) is 43.2. The summed E-state index contributed by atoms with van der Waals surface area (Å²) in [5.41, 5.74) is 61.0. The van der Waals surface area contributed by atoms with Crippen molar-refractivity contribution in [3.63, 3.8) is 0 Å². The van der Waals surface area contributed by atoms with Crippen LogP contribution >= 0.6 is 0 Å². The van der Waals surface area contributed by atoms with Gasteiger partial charge in [-0.15, -0.1) is 0 Å². The zero-order chi connectivity index (χ0) is 101. The number of carboxylic acids is 1. The number of hydrogen-bond acceptors (Lipinski definition) is 32. The zero-order valence-electron chi connectivity index (χ0n) is 75.6. The van der Waals surface area contributed by atoms with Crippen molar-refractivity contribution in [1.82, 2.24) is 95.7 Å². The lowest BCUT2D eigenvalue weighted by molar-refractivity contribution is -0.143. The van der Waals surface area contributed by atoms with Gasteiger partial charge in [0.25, 0.3) is 0 Å². The number of nitrogens with one attached hydrogen (secondary N) is 18. The van der Waals surface area contributed by atoms with Gasteiger partial charge in [0.1, 0.15) is 90.6 Å². The number of aliphatic hydroxyl groups is 5. The molecule has 0 aliphatic carbocycles. The van der Waals surface area contributed by atoms with Crippen molar-refractivity contribution in [3.05, 3.63) is 0 Å². The molecule has 57 heteroatoms. The van der Waals surface area contributed by atoms with Crippen LogP contribution < -0.4 is 159 Å². The predicted molar refractivity (Wildman–Crippen MR) is 478 cm³/mol. The lowest BCUT2D eigenvalue weighted by Crippen LogP contribution is -2.62. The van der Waals surface area contributed by atoms with E-state index in [1.807, 2.05) is 5.32 Å². The third-order valence-electron chi connectivity index (χ3n) is 19.4. The molecule has 0 rings (SSSR count). The SMILES string of the molecule is C[C@H](NC(=O)[C@H](CCCCN)NC(=O)CNC(=O)CNC(=O)[C@@H](NC(=O)[C@H](CCCCN)NC(=O)CNC(=O)[C@H](CCCN=C(N)N)NC(=O)CNC(=O)[C@@H](N)CO)[C@@H](C)O)C(=O)N[C@@H](CCCN=C(N)N)C(=O)N[C@@H](C)C(=O)N[C@@H](CCCCN)C(=O)N[C@@H](C)C(=O)N[C@@H](CCCCN)C(=O)N[C@H](C(=O)N[C@@H](CCCN=C(N)N)C(=O)N[C@@H](CO)C(=O)N[C@@H](CO)C(=O)O)[C@@H](C)O. The van der Waals surface area contributed by atoms with Crippen molar-refractivity contribution in [3.8, 4) is 0 Å². The molecule has 17 atom stereocenters. The Morgan fingerprint density at radius 2 is 0.511 bits per heavy atom. The Bertz CT molecular complexity index is 3850. The fourth-order valence-electron chi connectivity index (χ4n) is 11.8. The molecule has 18 amide bonds. The lowest BCUT2D eigenvalue weighted by Gasteiger charge is -2.28. The number of amides is 18. The second-order valence-corrected chi connectivity index (χ2v) is 30.8. The summed E-state index contributed by atoms with van der Waals surface area (Å²) >= 11 is 0. The van der Waals surface area contributed by atoms with Crippen LogP contribution in [0, 0.1) is 0 Å². The largest absolute Gasteiger partial charge is 0.480 e. The van der Waals surface area contributed by atoms with Crippen LogP contribution in [0.1, 0.15) is 150 Å². The molecule has 0 saturated heterocycles.